The zero-order chi connectivity index (χ0) is 19.9. The van der Waals surface area contributed by atoms with Gasteiger partial charge in [0.2, 0.25) is 0 Å². The Morgan fingerprint density at radius 2 is 1.75 bits per heavy atom. The first-order chi connectivity index (χ1) is 13.5. The van der Waals surface area contributed by atoms with Crippen LogP contribution in [0.15, 0.2) is 72.8 Å². The number of benzene rings is 3. The molecule has 1 unspecified atom stereocenters. The van der Waals surface area contributed by atoms with E-state index in [-0.39, 0.29) is 0 Å². The Labute approximate surface area is 163 Å². The van der Waals surface area contributed by atoms with E-state index in [1.807, 2.05) is 60.7 Å². The maximum absolute atomic E-state index is 12.3. The van der Waals surface area contributed by atoms with Crippen molar-refractivity contribution < 1.29 is 19.1 Å². The van der Waals surface area contributed by atoms with Crippen LogP contribution in [0.3, 0.4) is 0 Å². The fraction of sp³-hybridized carbons (Fsp3) is 0.130. The third kappa shape index (κ3) is 4.98. The summed E-state index contributed by atoms with van der Waals surface area (Å²) in [7, 11) is 1.58. The van der Waals surface area contributed by atoms with Gasteiger partial charge in [0.25, 0.3) is 5.91 Å². The molecule has 0 saturated heterocycles. The number of carbonyl (C=O) groups excluding carboxylic acids is 2. The quantitative estimate of drug-likeness (QED) is 0.511. The van der Waals surface area contributed by atoms with Gasteiger partial charge in [-0.05, 0) is 53.6 Å². The van der Waals surface area contributed by atoms with Crippen molar-refractivity contribution in [1.29, 1.82) is 0 Å². The molecule has 142 valence electrons. The number of anilines is 1. The van der Waals surface area contributed by atoms with E-state index < -0.39 is 18.0 Å². The molecule has 5 heteroatoms. The second-order valence-electron chi connectivity index (χ2n) is 6.24. The van der Waals surface area contributed by atoms with Crippen molar-refractivity contribution in [3.05, 3.63) is 78.4 Å². The zero-order valence-electron chi connectivity index (χ0n) is 15.7. The average Bonchev–Trinajstić information content (AvgIpc) is 2.72. The van der Waals surface area contributed by atoms with Gasteiger partial charge < -0.3 is 14.8 Å². The van der Waals surface area contributed by atoms with E-state index in [1.54, 1.807) is 19.3 Å². The second-order valence-corrected chi connectivity index (χ2v) is 6.24. The number of hydrogen-bond donors (Lipinski definition) is 1. The van der Waals surface area contributed by atoms with Crippen molar-refractivity contribution in [3.8, 4) is 5.75 Å². The van der Waals surface area contributed by atoms with Crippen molar-refractivity contribution in [1.82, 2.24) is 0 Å². The Kier molecular flexibility index (Phi) is 6.07. The lowest BCUT2D eigenvalue weighted by atomic mass is 10.1. The molecule has 0 saturated carbocycles. The molecule has 0 bridgehead atoms. The minimum Gasteiger partial charge on any atom is -0.497 e. The normalized spacial score (nSPS) is 11.9. The van der Waals surface area contributed by atoms with E-state index in [2.05, 4.69) is 5.32 Å². The number of ether oxygens (including phenoxy) is 2. The van der Waals surface area contributed by atoms with Gasteiger partial charge >= 0.3 is 5.97 Å². The molecule has 3 aromatic rings. The van der Waals surface area contributed by atoms with Gasteiger partial charge in [-0.3, -0.25) is 4.79 Å². The minimum absolute atomic E-state index is 0.390. The van der Waals surface area contributed by atoms with Gasteiger partial charge in [-0.25, -0.2) is 4.79 Å². The molecule has 5 nitrogen and oxygen atoms in total. The summed E-state index contributed by atoms with van der Waals surface area (Å²) in [5, 5.41) is 4.88. The Bertz CT molecular complexity index is 1030. The molecule has 3 aromatic carbocycles. The number of carbonyl (C=O) groups is 2. The number of rotatable bonds is 6. The van der Waals surface area contributed by atoms with Gasteiger partial charge in [0.05, 0.1) is 7.11 Å². The SMILES string of the molecule is COc1cccc(/C=C/C(=O)OC(C)C(=O)Nc2ccc3ccccc3c2)c1. The van der Waals surface area contributed by atoms with Crippen molar-refractivity contribution in [2.24, 2.45) is 0 Å². The summed E-state index contributed by atoms with van der Waals surface area (Å²) in [4.78, 5) is 24.3. The van der Waals surface area contributed by atoms with Crippen LogP contribution in [0.2, 0.25) is 0 Å². The topological polar surface area (TPSA) is 64.6 Å². The van der Waals surface area contributed by atoms with Gasteiger partial charge in [0, 0.05) is 11.8 Å². The summed E-state index contributed by atoms with van der Waals surface area (Å²) in [6.07, 6.45) is 1.97. The van der Waals surface area contributed by atoms with Crippen molar-refractivity contribution in [2.75, 3.05) is 12.4 Å². The van der Waals surface area contributed by atoms with Crippen LogP contribution in [-0.2, 0) is 14.3 Å². The van der Waals surface area contributed by atoms with E-state index in [1.165, 1.54) is 13.0 Å². The molecule has 1 atom stereocenters. The minimum atomic E-state index is -0.922. The molecule has 0 aliphatic carbocycles. The fourth-order valence-corrected chi connectivity index (χ4v) is 2.69. The van der Waals surface area contributed by atoms with Gasteiger partial charge in [-0.2, -0.15) is 0 Å². The first-order valence-corrected chi connectivity index (χ1v) is 8.87. The van der Waals surface area contributed by atoms with Gasteiger partial charge in [0.1, 0.15) is 5.75 Å². The molecule has 3 rings (SSSR count). The van der Waals surface area contributed by atoms with Crippen LogP contribution in [0.1, 0.15) is 12.5 Å². The number of fused-ring (bicyclic) bond motifs is 1. The maximum atomic E-state index is 12.3. The molecular weight excluding hydrogens is 354 g/mol. The lowest BCUT2D eigenvalue weighted by Gasteiger charge is -2.13. The van der Waals surface area contributed by atoms with Crippen LogP contribution in [0.5, 0.6) is 5.75 Å². The Hall–Kier alpha value is -3.60. The van der Waals surface area contributed by atoms with E-state index in [0.717, 1.165) is 16.3 Å². The molecule has 0 radical (unpaired) electrons. The molecule has 0 fully saturated rings. The summed E-state index contributed by atoms with van der Waals surface area (Å²) in [6.45, 7) is 1.54. The highest BCUT2D eigenvalue weighted by Crippen LogP contribution is 2.19. The van der Waals surface area contributed by atoms with Crippen LogP contribution >= 0.6 is 0 Å². The van der Waals surface area contributed by atoms with E-state index in [9.17, 15) is 9.59 Å². The number of esters is 1. The molecule has 0 heterocycles. The van der Waals surface area contributed by atoms with E-state index in [0.29, 0.717) is 11.4 Å². The van der Waals surface area contributed by atoms with Crippen LogP contribution in [0, 0.1) is 0 Å². The number of methoxy groups -OCH3 is 1. The number of amides is 1. The summed E-state index contributed by atoms with van der Waals surface area (Å²) < 4.78 is 10.3. The summed E-state index contributed by atoms with van der Waals surface area (Å²) in [6, 6.07) is 20.8. The van der Waals surface area contributed by atoms with Crippen LogP contribution in [0.4, 0.5) is 5.69 Å². The third-order valence-corrected chi connectivity index (χ3v) is 4.18. The van der Waals surface area contributed by atoms with Gasteiger partial charge in [-0.1, -0.05) is 42.5 Å². The predicted octanol–water partition coefficient (Wildman–Crippen LogP) is 4.43. The molecular formula is C23H21NO4. The fourth-order valence-electron chi connectivity index (χ4n) is 2.69. The Balaban J connectivity index is 1.58. The molecule has 0 spiro atoms. The summed E-state index contributed by atoms with van der Waals surface area (Å²) >= 11 is 0. The molecule has 0 aliphatic rings. The summed E-state index contributed by atoms with van der Waals surface area (Å²) in [5.41, 5.74) is 1.45. The monoisotopic (exact) mass is 375 g/mol. The van der Waals surface area contributed by atoms with Crippen molar-refractivity contribution in [3.63, 3.8) is 0 Å². The van der Waals surface area contributed by atoms with E-state index >= 15 is 0 Å². The van der Waals surface area contributed by atoms with Crippen molar-refractivity contribution >= 4 is 34.4 Å². The Morgan fingerprint density at radius 3 is 2.54 bits per heavy atom. The molecule has 0 aliphatic heterocycles. The first-order valence-electron chi connectivity index (χ1n) is 8.87. The lowest BCUT2D eigenvalue weighted by Crippen LogP contribution is -2.29. The Morgan fingerprint density at radius 1 is 0.964 bits per heavy atom. The number of hydrogen-bond acceptors (Lipinski definition) is 4. The molecule has 28 heavy (non-hydrogen) atoms. The zero-order valence-corrected chi connectivity index (χ0v) is 15.7. The van der Waals surface area contributed by atoms with Gasteiger partial charge in [0.15, 0.2) is 6.10 Å². The predicted molar refractivity (Wildman–Crippen MR) is 110 cm³/mol. The van der Waals surface area contributed by atoms with Crippen molar-refractivity contribution in [2.45, 2.75) is 13.0 Å². The number of nitrogens with one attached hydrogen (secondary N) is 1. The third-order valence-electron chi connectivity index (χ3n) is 4.18. The highest BCUT2D eigenvalue weighted by atomic mass is 16.5. The van der Waals surface area contributed by atoms with Crippen LogP contribution in [-0.4, -0.2) is 25.1 Å². The molecule has 1 amide bonds. The molecule has 1 N–H and O–H groups in total. The highest BCUT2D eigenvalue weighted by molar-refractivity contribution is 5.98. The average molecular weight is 375 g/mol. The smallest absolute Gasteiger partial charge is 0.331 e. The first kappa shape index (κ1) is 19.2. The molecule has 0 aromatic heterocycles. The standard InChI is InChI=1S/C23H21NO4/c1-16(28-22(25)13-10-17-6-5-9-21(14-17)27-2)23(26)24-20-12-11-18-7-3-4-8-19(18)15-20/h3-16H,1-2H3,(H,24,26)/b13-10+. The summed E-state index contributed by atoms with van der Waals surface area (Å²) in [5.74, 6) is -0.291. The van der Waals surface area contributed by atoms with E-state index in [4.69, 9.17) is 9.47 Å². The van der Waals surface area contributed by atoms with Crippen LogP contribution in [0.25, 0.3) is 16.8 Å². The lowest BCUT2D eigenvalue weighted by molar-refractivity contribution is -0.148. The second kappa shape index (κ2) is 8.86. The van der Waals surface area contributed by atoms with Crippen LogP contribution < -0.4 is 10.1 Å². The maximum Gasteiger partial charge on any atom is 0.331 e. The van der Waals surface area contributed by atoms with Gasteiger partial charge in [-0.15, -0.1) is 0 Å². The largest absolute Gasteiger partial charge is 0.497 e. The highest BCUT2D eigenvalue weighted by Gasteiger charge is 2.16.